The number of guanidine groups is 1. The van der Waals surface area contributed by atoms with Gasteiger partial charge in [-0.05, 0) is 42.7 Å². The molecule has 1 saturated heterocycles. The highest BCUT2D eigenvalue weighted by Crippen LogP contribution is 2.22. The minimum atomic E-state index is -3.69. The highest BCUT2D eigenvalue weighted by molar-refractivity contribution is 14.0. The predicted molar refractivity (Wildman–Crippen MR) is 136 cm³/mol. The van der Waals surface area contributed by atoms with E-state index < -0.39 is 10.0 Å². The second-order valence-electron chi connectivity index (χ2n) is 7.62. The number of sulfonamides is 1. The summed E-state index contributed by atoms with van der Waals surface area (Å²) >= 11 is 0. The van der Waals surface area contributed by atoms with Gasteiger partial charge in [0.25, 0.3) is 0 Å². The Hall–Kier alpha value is -1.89. The maximum absolute atomic E-state index is 11.4. The molecule has 2 aromatic carbocycles. The van der Waals surface area contributed by atoms with E-state index in [1.165, 1.54) is 12.1 Å². The fourth-order valence-corrected chi connectivity index (χ4v) is 3.76. The fourth-order valence-electron chi connectivity index (χ4n) is 3.25. The number of hydrogen-bond acceptors (Lipinski definition) is 5. The molecule has 0 aliphatic carbocycles. The van der Waals surface area contributed by atoms with Crippen molar-refractivity contribution in [3.8, 4) is 5.75 Å². The third kappa shape index (κ3) is 7.91. The maximum Gasteiger partial charge on any atom is 0.238 e. The number of hydrogen-bond donors (Lipinski definition) is 3. The first-order valence-electron chi connectivity index (χ1n) is 10.2. The lowest BCUT2D eigenvalue weighted by molar-refractivity contribution is 0.166. The van der Waals surface area contributed by atoms with Crippen LogP contribution in [0.5, 0.6) is 5.75 Å². The quantitative estimate of drug-likeness (QED) is 0.254. The fraction of sp³-hybridized carbons (Fsp3) is 0.409. The number of benzene rings is 2. The number of nitrogens with one attached hydrogen (secondary N) is 2. The Labute approximate surface area is 207 Å². The van der Waals surface area contributed by atoms with Crippen molar-refractivity contribution in [3.05, 3.63) is 59.2 Å². The third-order valence-electron chi connectivity index (χ3n) is 5.10. The molecule has 2 aromatic rings. The molecule has 0 saturated carbocycles. The van der Waals surface area contributed by atoms with Crippen molar-refractivity contribution in [3.63, 3.8) is 0 Å². The monoisotopic (exact) mass is 574 g/mol. The van der Waals surface area contributed by atoms with Crippen LogP contribution in [0.15, 0.2) is 52.4 Å². The SMILES string of the molecule is CN=C(NCc1ccc(S(N)(=O)=O)cc1)NCc1ccc(C)cc1OCC1CCOC1.I. The first-order chi connectivity index (χ1) is 14.8. The van der Waals surface area contributed by atoms with Gasteiger partial charge in [-0.3, -0.25) is 4.99 Å². The van der Waals surface area contributed by atoms with E-state index in [9.17, 15) is 8.42 Å². The predicted octanol–water partition coefficient (Wildman–Crippen LogP) is 2.54. The van der Waals surface area contributed by atoms with E-state index in [1.54, 1.807) is 19.2 Å². The van der Waals surface area contributed by atoms with Gasteiger partial charge in [-0.25, -0.2) is 13.6 Å². The van der Waals surface area contributed by atoms with E-state index in [4.69, 9.17) is 14.6 Å². The van der Waals surface area contributed by atoms with Crippen molar-refractivity contribution < 1.29 is 17.9 Å². The maximum atomic E-state index is 11.4. The lowest BCUT2D eigenvalue weighted by Crippen LogP contribution is -2.36. The molecule has 4 N–H and O–H groups in total. The van der Waals surface area contributed by atoms with Crippen molar-refractivity contribution in [1.82, 2.24) is 10.6 Å². The molecular weight excluding hydrogens is 543 g/mol. The van der Waals surface area contributed by atoms with Crippen LogP contribution in [0, 0.1) is 12.8 Å². The van der Waals surface area contributed by atoms with Gasteiger partial charge in [0.1, 0.15) is 5.75 Å². The topological polar surface area (TPSA) is 115 Å². The van der Waals surface area contributed by atoms with Gasteiger partial charge < -0.3 is 20.1 Å². The van der Waals surface area contributed by atoms with Crippen LogP contribution in [0.25, 0.3) is 0 Å². The Kier molecular flexibility index (Phi) is 10.2. The second kappa shape index (κ2) is 12.4. The molecule has 1 fully saturated rings. The normalized spacial score (nSPS) is 16.3. The number of nitrogens with two attached hydrogens (primary N) is 1. The highest BCUT2D eigenvalue weighted by atomic mass is 127. The van der Waals surface area contributed by atoms with Crippen molar-refractivity contribution in [2.24, 2.45) is 16.0 Å². The van der Waals surface area contributed by atoms with Gasteiger partial charge in [0.2, 0.25) is 10.0 Å². The summed E-state index contributed by atoms with van der Waals surface area (Å²) in [7, 11) is -1.99. The standard InChI is InChI=1S/C22H30N4O4S.HI/c1-16-3-6-19(21(11-16)30-15-18-9-10-29-14-18)13-26-22(24-2)25-12-17-4-7-20(8-5-17)31(23,27)28;/h3-8,11,18H,9-10,12-15H2,1-2H3,(H2,23,27,28)(H2,24,25,26);1H. The molecule has 0 bridgehead atoms. The van der Waals surface area contributed by atoms with Gasteiger partial charge in [0.15, 0.2) is 5.96 Å². The van der Waals surface area contributed by atoms with Gasteiger partial charge >= 0.3 is 0 Å². The summed E-state index contributed by atoms with van der Waals surface area (Å²) in [5.74, 6) is 1.94. The molecule has 10 heteroatoms. The largest absolute Gasteiger partial charge is 0.493 e. The molecule has 1 aliphatic rings. The number of aryl methyl sites for hydroxylation is 1. The van der Waals surface area contributed by atoms with Crippen molar-refractivity contribution in [1.29, 1.82) is 0 Å². The molecule has 176 valence electrons. The average molecular weight is 574 g/mol. The molecule has 1 heterocycles. The molecule has 0 amide bonds. The van der Waals surface area contributed by atoms with Gasteiger partial charge in [-0.15, -0.1) is 24.0 Å². The van der Waals surface area contributed by atoms with Gasteiger partial charge in [-0.2, -0.15) is 0 Å². The summed E-state index contributed by atoms with van der Waals surface area (Å²) in [5, 5.41) is 11.7. The lowest BCUT2D eigenvalue weighted by Gasteiger charge is -2.17. The first kappa shape index (κ1) is 26.4. The number of halogens is 1. The molecule has 3 rings (SSSR count). The summed E-state index contributed by atoms with van der Waals surface area (Å²) in [6, 6.07) is 12.6. The number of rotatable bonds is 8. The Morgan fingerprint density at radius 1 is 1.19 bits per heavy atom. The van der Waals surface area contributed by atoms with Crippen molar-refractivity contribution >= 4 is 40.0 Å². The molecule has 1 unspecified atom stereocenters. The van der Waals surface area contributed by atoms with Crippen LogP contribution in [0.2, 0.25) is 0 Å². The van der Waals surface area contributed by atoms with Gasteiger partial charge in [0.05, 0.1) is 18.1 Å². The van der Waals surface area contributed by atoms with Crippen LogP contribution >= 0.6 is 24.0 Å². The van der Waals surface area contributed by atoms with Crippen LogP contribution in [-0.2, 0) is 27.8 Å². The van der Waals surface area contributed by atoms with Crippen LogP contribution < -0.4 is 20.5 Å². The van der Waals surface area contributed by atoms with Gasteiger partial charge in [0, 0.05) is 38.2 Å². The number of primary sulfonamides is 1. The minimum Gasteiger partial charge on any atom is -0.493 e. The van der Waals surface area contributed by atoms with E-state index in [0.29, 0.717) is 31.6 Å². The highest BCUT2D eigenvalue weighted by Gasteiger charge is 2.17. The zero-order valence-corrected chi connectivity index (χ0v) is 21.5. The van der Waals surface area contributed by atoms with Crippen LogP contribution in [0.3, 0.4) is 0 Å². The minimum absolute atomic E-state index is 0. The molecule has 0 aromatic heterocycles. The second-order valence-corrected chi connectivity index (χ2v) is 9.18. The molecule has 32 heavy (non-hydrogen) atoms. The Balaban J connectivity index is 0.00000363. The lowest BCUT2D eigenvalue weighted by atomic mass is 10.1. The van der Waals surface area contributed by atoms with Gasteiger partial charge in [-0.1, -0.05) is 24.3 Å². The zero-order chi connectivity index (χ0) is 22.3. The Bertz CT molecular complexity index is 1010. The number of nitrogens with zero attached hydrogens (tertiary/aromatic N) is 1. The smallest absolute Gasteiger partial charge is 0.238 e. The number of aliphatic imine (C=N–C) groups is 1. The molecule has 0 spiro atoms. The van der Waals surface area contributed by atoms with Crippen LogP contribution in [0.1, 0.15) is 23.1 Å². The van der Waals surface area contributed by atoms with E-state index in [0.717, 1.165) is 42.1 Å². The molecule has 1 aliphatic heterocycles. The number of ether oxygens (including phenoxy) is 2. The van der Waals surface area contributed by atoms with E-state index in [-0.39, 0.29) is 28.9 Å². The molecule has 1 atom stereocenters. The molecule has 8 nitrogen and oxygen atoms in total. The summed E-state index contributed by atoms with van der Waals surface area (Å²) in [4.78, 5) is 4.34. The Morgan fingerprint density at radius 3 is 2.53 bits per heavy atom. The molecular formula is C22H31IN4O4S. The zero-order valence-electron chi connectivity index (χ0n) is 18.3. The van der Waals surface area contributed by atoms with Crippen LogP contribution in [0.4, 0.5) is 0 Å². The first-order valence-corrected chi connectivity index (χ1v) is 11.8. The van der Waals surface area contributed by atoms with Crippen molar-refractivity contribution in [2.75, 3.05) is 26.9 Å². The van der Waals surface area contributed by atoms with Crippen molar-refractivity contribution in [2.45, 2.75) is 31.3 Å². The average Bonchev–Trinajstić information content (AvgIpc) is 3.27. The summed E-state index contributed by atoms with van der Waals surface area (Å²) in [6.45, 7) is 5.31. The summed E-state index contributed by atoms with van der Waals surface area (Å²) in [6.07, 6.45) is 1.04. The van der Waals surface area contributed by atoms with Crippen LogP contribution in [-0.4, -0.2) is 41.2 Å². The summed E-state index contributed by atoms with van der Waals surface area (Å²) in [5.41, 5.74) is 3.10. The third-order valence-corrected chi connectivity index (χ3v) is 6.03. The Morgan fingerprint density at radius 2 is 1.91 bits per heavy atom. The van der Waals surface area contributed by atoms with E-state index >= 15 is 0 Å². The van der Waals surface area contributed by atoms with E-state index in [2.05, 4.69) is 33.8 Å². The summed E-state index contributed by atoms with van der Waals surface area (Å²) < 4.78 is 34.2. The van der Waals surface area contributed by atoms with E-state index in [1.807, 2.05) is 6.92 Å². The molecule has 0 radical (unpaired) electrons.